The Morgan fingerprint density at radius 3 is 2.45 bits per heavy atom. The lowest BCUT2D eigenvalue weighted by Gasteiger charge is -2.10. The molecule has 6 aromatic rings. The molecule has 0 fully saturated rings. The fourth-order valence-corrected chi connectivity index (χ4v) is 5.10. The lowest BCUT2D eigenvalue weighted by atomic mass is 10.1. The van der Waals surface area contributed by atoms with Gasteiger partial charge < -0.3 is 0 Å². The summed E-state index contributed by atoms with van der Waals surface area (Å²) in [5.74, 6) is 0.425. The molecule has 3 aromatic carbocycles. The van der Waals surface area contributed by atoms with Crippen molar-refractivity contribution in [2.24, 2.45) is 0 Å². The van der Waals surface area contributed by atoms with Gasteiger partial charge in [-0.2, -0.15) is 4.39 Å². The van der Waals surface area contributed by atoms with E-state index >= 15 is 0 Å². The summed E-state index contributed by atoms with van der Waals surface area (Å²) < 4.78 is 18.1. The quantitative estimate of drug-likeness (QED) is 0.310. The standard InChI is InChI=1S/C24H14FN3S/c25-23-22-17(13-14-26-23)16-9-6-10-18(21(16)29-22)24-27-19-11-4-5-12-20(19)28(24)15-7-2-1-3-8-15/h1-14H. The fourth-order valence-electron chi connectivity index (χ4n) is 3.91. The first-order valence-electron chi connectivity index (χ1n) is 9.30. The van der Waals surface area contributed by atoms with Crippen LogP contribution in [0.5, 0.6) is 0 Å². The summed E-state index contributed by atoms with van der Waals surface area (Å²) in [5, 5.41) is 1.91. The highest BCUT2D eigenvalue weighted by Gasteiger charge is 2.19. The van der Waals surface area contributed by atoms with Crippen molar-refractivity contribution < 1.29 is 4.39 Å². The number of pyridine rings is 1. The fraction of sp³-hybridized carbons (Fsp3) is 0. The van der Waals surface area contributed by atoms with Gasteiger partial charge in [-0.15, -0.1) is 11.3 Å². The minimum absolute atomic E-state index is 0.425. The predicted octanol–water partition coefficient (Wildman–Crippen LogP) is 6.59. The first kappa shape index (κ1) is 16.4. The highest BCUT2D eigenvalue weighted by atomic mass is 32.1. The molecular weight excluding hydrogens is 381 g/mol. The van der Waals surface area contributed by atoms with Gasteiger partial charge in [0.2, 0.25) is 5.95 Å². The van der Waals surface area contributed by atoms with Crippen LogP contribution in [0.2, 0.25) is 0 Å². The van der Waals surface area contributed by atoms with Crippen LogP contribution >= 0.6 is 11.3 Å². The normalized spacial score (nSPS) is 11.6. The van der Waals surface area contributed by atoms with Crippen molar-refractivity contribution in [3.63, 3.8) is 0 Å². The summed E-state index contributed by atoms with van der Waals surface area (Å²) in [5.41, 5.74) is 4.00. The molecule has 29 heavy (non-hydrogen) atoms. The molecule has 0 aliphatic carbocycles. The zero-order chi connectivity index (χ0) is 19.4. The molecule has 0 amide bonds. The van der Waals surface area contributed by atoms with Crippen LogP contribution in [0.4, 0.5) is 4.39 Å². The molecule has 0 N–H and O–H groups in total. The third-order valence-corrected chi connectivity index (χ3v) is 6.42. The molecule has 6 rings (SSSR count). The third-order valence-electron chi connectivity index (χ3n) is 5.19. The summed E-state index contributed by atoms with van der Waals surface area (Å²) in [6, 6.07) is 26.3. The van der Waals surface area contributed by atoms with Crippen molar-refractivity contribution >= 4 is 42.5 Å². The van der Waals surface area contributed by atoms with E-state index in [-0.39, 0.29) is 0 Å². The van der Waals surface area contributed by atoms with Gasteiger partial charge in [-0.25, -0.2) is 9.97 Å². The Hall–Kier alpha value is -3.57. The smallest absolute Gasteiger partial charge is 0.230 e. The number of imidazole rings is 1. The molecule has 0 aliphatic heterocycles. The van der Waals surface area contributed by atoms with E-state index in [0.29, 0.717) is 4.70 Å². The molecule has 3 aromatic heterocycles. The number of benzene rings is 3. The first-order valence-corrected chi connectivity index (χ1v) is 10.1. The van der Waals surface area contributed by atoms with Gasteiger partial charge in [-0.05, 0) is 36.4 Å². The van der Waals surface area contributed by atoms with Gasteiger partial charge in [-0.3, -0.25) is 4.57 Å². The molecule has 0 atom stereocenters. The maximum atomic E-state index is 14.3. The monoisotopic (exact) mass is 395 g/mol. The van der Waals surface area contributed by atoms with E-state index in [1.807, 2.05) is 54.6 Å². The molecule has 0 spiro atoms. The number of para-hydroxylation sites is 3. The van der Waals surface area contributed by atoms with Crippen LogP contribution in [0, 0.1) is 5.95 Å². The van der Waals surface area contributed by atoms with Gasteiger partial charge >= 0.3 is 0 Å². The SMILES string of the molecule is Fc1nccc2c1sc1c(-c3nc4ccccc4n3-c3ccccc3)cccc12. The number of thiophene rings is 1. The Morgan fingerprint density at radius 1 is 0.759 bits per heavy atom. The number of hydrogen-bond acceptors (Lipinski definition) is 3. The van der Waals surface area contributed by atoms with Crippen LogP contribution in [0.25, 0.3) is 48.3 Å². The minimum atomic E-state index is -0.425. The largest absolute Gasteiger partial charge is 0.292 e. The Kier molecular flexibility index (Phi) is 3.52. The number of hydrogen-bond donors (Lipinski definition) is 0. The molecule has 0 saturated carbocycles. The summed E-state index contributed by atoms with van der Waals surface area (Å²) in [4.78, 5) is 8.79. The summed E-state index contributed by atoms with van der Waals surface area (Å²) in [6.07, 6.45) is 1.52. The number of nitrogens with zero attached hydrogens (tertiary/aromatic N) is 3. The van der Waals surface area contributed by atoms with Gasteiger partial charge in [-0.1, -0.05) is 42.5 Å². The molecule has 0 unspecified atom stereocenters. The average Bonchev–Trinajstić information content (AvgIpc) is 3.34. The Labute approximate surface area is 169 Å². The molecule has 5 heteroatoms. The van der Waals surface area contributed by atoms with Crippen molar-refractivity contribution in [1.82, 2.24) is 14.5 Å². The first-order chi connectivity index (χ1) is 14.3. The van der Waals surface area contributed by atoms with Crippen LogP contribution in [0.3, 0.4) is 0 Å². The Balaban J connectivity index is 1.75. The van der Waals surface area contributed by atoms with Crippen molar-refractivity contribution in [2.45, 2.75) is 0 Å². The zero-order valence-corrected chi connectivity index (χ0v) is 16.0. The summed E-state index contributed by atoms with van der Waals surface area (Å²) in [7, 11) is 0. The molecular formula is C24H14FN3S. The molecule has 0 aliphatic rings. The number of aromatic nitrogens is 3. The second-order valence-corrected chi connectivity index (χ2v) is 7.88. The van der Waals surface area contributed by atoms with Crippen LogP contribution in [0.1, 0.15) is 0 Å². The maximum Gasteiger partial charge on any atom is 0.230 e. The van der Waals surface area contributed by atoms with E-state index in [2.05, 4.69) is 33.8 Å². The van der Waals surface area contributed by atoms with Crippen molar-refractivity contribution in [2.75, 3.05) is 0 Å². The maximum absolute atomic E-state index is 14.3. The Bertz CT molecular complexity index is 1520. The Morgan fingerprint density at radius 2 is 1.55 bits per heavy atom. The lowest BCUT2D eigenvalue weighted by molar-refractivity contribution is 0.599. The average molecular weight is 395 g/mol. The summed E-state index contributed by atoms with van der Waals surface area (Å²) in [6.45, 7) is 0. The number of fused-ring (bicyclic) bond motifs is 4. The van der Waals surface area contributed by atoms with E-state index in [1.54, 1.807) is 0 Å². The van der Waals surface area contributed by atoms with Gasteiger partial charge in [0.05, 0.1) is 15.7 Å². The lowest BCUT2D eigenvalue weighted by Crippen LogP contribution is -1.97. The number of halogens is 1. The molecule has 3 heterocycles. The highest BCUT2D eigenvalue weighted by molar-refractivity contribution is 7.26. The molecule has 0 bridgehead atoms. The van der Waals surface area contributed by atoms with Gasteiger partial charge in [0.1, 0.15) is 5.82 Å². The molecule has 3 nitrogen and oxygen atoms in total. The summed E-state index contributed by atoms with van der Waals surface area (Å²) >= 11 is 1.43. The zero-order valence-electron chi connectivity index (χ0n) is 15.2. The van der Waals surface area contributed by atoms with Crippen molar-refractivity contribution in [3.8, 4) is 17.1 Å². The van der Waals surface area contributed by atoms with Crippen molar-refractivity contribution in [3.05, 3.63) is 91.0 Å². The van der Waals surface area contributed by atoms with Crippen molar-refractivity contribution in [1.29, 1.82) is 0 Å². The van der Waals surface area contributed by atoms with E-state index in [4.69, 9.17) is 4.98 Å². The number of rotatable bonds is 2. The van der Waals surface area contributed by atoms with Crippen LogP contribution < -0.4 is 0 Å². The van der Waals surface area contributed by atoms with E-state index in [1.165, 1.54) is 17.5 Å². The van der Waals surface area contributed by atoms with E-state index in [9.17, 15) is 4.39 Å². The second kappa shape index (κ2) is 6.22. The van der Waals surface area contributed by atoms with Gasteiger partial charge in [0, 0.05) is 32.9 Å². The van der Waals surface area contributed by atoms with Crippen LogP contribution in [-0.4, -0.2) is 14.5 Å². The predicted molar refractivity (Wildman–Crippen MR) is 117 cm³/mol. The van der Waals surface area contributed by atoms with Gasteiger partial charge in [0.15, 0.2) is 0 Å². The van der Waals surface area contributed by atoms with E-state index in [0.717, 1.165) is 43.6 Å². The third kappa shape index (κ3) is 2.41. The van der Waals surface area contributed by atoms with E-state index < -0.39 is 5.95 Å². The van der Waals surface area contributed by atoms with Crippen LogP contribution in [0.15, 0.2) is 85.1 Å². The highest BCUT2D eigenvalue weighted by Crippen LogP contribution is 2.41. The topological polar surface area (TPSA) is 30.7 Å². The van der Waals surface area contributed by atoms with Gasteiger partial charge in [0.25, 0.3) is 0 Å². The molecule has 0 radical (unpaired) electrons. The minimum Gasteiger partial charge on any atom is -0.292 e. The molecule has 0 saturated heterocycles. The molecule has 138 valence electrons. The second-order valence-electron chi connectivity index (χ2n) is 6.86. The van der Waals surface area contributed by atoms with Crippen LogP contribution in [-0.2, 0) is 0 Å².